The number of phenols is 1. The predicted molar refractivity (Wildman–Crippen MR) is 74.4 cm³/mol. The van der Waals surface area contributed by atoms with Gasteiger partial charge in [0.1, 0.15) is 17.1 Å². The van der Waals surface area contributed by atoms with Gasteiger partial charge in [-0.2, -0.15) is 0 Å². The van der Waals surface area contributed by atoms with Crippen molar-refractivity contribution in [2.75, 3.05) is 0 Å². The first kappa shape index (κ1) is 10.9. The summed E-state index contributed by atoms with van der Waals surface area (Å²) in [5.41, 5.74) is 4.78. The van der Waals surface area contributed by atoms with Gasteiger partial charge < -0.3 is 9.84 Å². The van der Waals surface area contributed by atoms with Crippen molar-refractivity contribution in [3.05, 3.63) is 47.5 Å². The Hall–Kier alpha value is -1.96. The molecular weight excluding hydrogens is 236 g/mol. The van der Waals surface area contributed by atoms with Crippen molar-refractivity contribution < 1.29 is 9.84 Å². The summed E-state index contributed by atoms with van der Waals surface area (Å²) >= 11 is 0. The van der Waals surface area contributed by atoms with Crippen LogP contribution >= 0.6 is 0 Å². The summed E-state index contributed by atoms with van der Waals surface area (Å²) in [7, 11) is 0. The molecule has 0 saturated heterocycles. The van der Waals surface area contributed by atoms with Gasteiger partial charge in [-0.3, -0.25) is 0 Å². The SMILES string of the molecule is Cc1ccc2c(c1)C1(CCC1)Oc1cc(O)ccc1-2. The summed E-state index contributed by atoms with van der Waals surface area (Å²) in [6, 6.07) is 12.0. The molecule has 2 heteroatoms. The number of hydrogen-bond donors (Lipinski definition) is 1. The Balaban J connectivity index is 2.00. The minimum Gasteiger partial charge on any atom is -0.508 e. The third-order valence-electron chi connectivity index (χ3n) is 4.39. The molecule has 0 amide bonds. The number of aromatic hydroxyl groups is 1. The van der Waals surface area contributed by atoms with Crippen LogP contribution in [0.25, 0.3) is 11.1 Å². The van der Waals surface area contributed by atoms with E-state index in [2.05, 4.69) is 25.1 Å². The number of ether oxygens (including phenoxy) is 1. The fraction of sp³-hybridized carbons (Fsp3) is 0.294. The van der Waals surface area contributed by atoms with Gasteiger partial charge in [-0.05, 0) is 43.9 Å². The van der Waals surface area contributed by atoms with Gasteiger partial charge in [0, 0.05) is 17.2 Å². The largest absolute Gasteiger partial charge is 0.508 e. The van der Waals surface area contributed by atoms with Crippen LogP contribution in [0.1, 0.15) is 30.4 Å². The quantitative estimate of drug-likeness (QED) is 0.763. The van der Waals surface area contributed by atoms with E-state index in [9.17, 15) is 5.11 Å². The summed E-state index contributed by atoms with van der Waals surface area (Å²) in [4.78, 5) is 0. The molecule has 4 rings (SSSR count). The summed E-state index contributed by atoms with van der Waals surface area (Å²) < 4.78 is 6.26. The van der Waals surface area contributed by atoms with Crippen LogP contribution in [0.3, 0.4) is 0 Å². The number of aryl methyl sites for hydroxylation is 1. The van der Waals surface area contributed by atoms with Gasteiger partial charge in [-0.1, -0.05) is 23.8 Å². The lowest BCUT2D eigenvalue weighted by Gasteiger charge is -2.46. The van der Waals surface area contributed by atoms with Crippen molar-refractivity contribution >= 4 is 0 Å². The molecule has 2 aromatic carbocycles. The number of phenolic OH excluding ortho intramolecular Hbond substituents is 1. The standard InChI is InChI=1S/C17H16O2/c1-11-3-5-13-14-6-4-12(18)10-16(14)19-17(7-2-8-17)15(13)9-11/h3-6,9-10,18H,2,7-8H2,1H3. The molecule has 0 unspecified atom stereocenters. The molecule has 1 N–H and O–H groups in total. The summed E-state index contributed by atoms with van der Waals surface area (Å²) in [5.74, 6) is 1.08. The first-order valence-corrected chi connectivity index (χ1v) is 6.82. The lowest BCUT2D eigenvalue weighted by molar-refractivity contribution is -0.0145. The second-order valence-corrected chi connectivity index (χ2v) is 5.68. The zero-order chi connectivity index (χ0) is 13.0. The first-order valence-electron chi connectivity index (χ1n) is 6.82. The molecule has 0 atom stereocenters. The Morgan fingerprint density at radius 2 is 1.84 bits per heavy atom. The van der Waals surface area contributed by atoms with Crippen molar-refractivity contribution in [1.82, 2.24) is 0 Å². The maximum Gasteiger partial charge on any atom is 0.135 e. The fourth-order valence-electron chi connectivity index (χ4n) is 3.22. The molecule has 1 aliphatic heterocycles. The van der Waals surface area contributed by atoms with E-state index in [4.69, 9.17) is 4.74 Å². The average Bonchev–Trinajstić information content (AvgIpc) is 2.35. The van der Waals surface area contributed by atoms with Crippen molar-refractivity contribution in [3.63, 3.8) is 0 Å². The second kappa shape index (κ2) is 3.53. The van der Waals surface area contributed by atoms with Gasteiger partial charge in [0.2, 0.25) is 0 Å². The molecule has 2 nitrogen and oxygen atoms in total. The zero-order valence-corrected chi connectivity index (χ0v) is 10.9. The molecule has 0 bridgehead atoms. The van der Waals surface area contributed by atoms with Crippen molar-refractivity contribution in [2.45, 2.75) is 31.8 Å². The Labute approximate surface area is 112 Å². The van der Waals surface area contributed by atoms with E-state index in [1.165, 1.54) is 23.1 Å². The predicted octanol–water partition coefficient (Wildman–Crippen LogP) is 4.14. The van der Waals surface area contributed by atoms with Crippen LogP contribution in [-0.2, 0) is 5.60 Å². The molecule has 1 saturated carbocycles. The maximum absolute atomic E-state index is 9.66. The minimum atomic E-state index is -0.151. The minimum absolute atomic E-state index is 0.151. The Morgan fingerprint density at radius 1 is 1.05 bits per heavy atom. The molecule has 2 aromatic rings. The average molecular weight is 252 g/mol. The molecular formula is C17H16O2. The van der Waals surface area contributed by atoms with Crippen molar-refractivity contribution in [2.24, 2.45) is 0 Å². The topological polar surface area (TPSA) is 29.5 Å². The first-order chi connectivity index (χ1) is 9.18. The molecule has 19 heavy (non-hydrogen) atoms. The maximum atomic E-state index is 9.66. The lowest BCUT2D eigenvalue weighted by Crippen LogP contribution is -2.42. The highest BCUT2D eigenvalue weighted by Gasteiger charge is 2.45. The fourth-order valence-corrected chi connectivity index (χ4v) is 3.22. The molecule has 96 valence electrons. The molecule has 0 radical (unpaired) electrons. The third-order valence-corrected chi connectivity index (χ3v) is 4.39. The van der Waals surface area contributed by atoms with Crippen LogP contribution < -0.4 is 4.74 Å². The second-order valence-electron chi connectivity index (χ2n) is 5.68. The normalized spacial score (nSPS) is 18.2. The number of fused-ring (bicyclic) bond motifs is 4. The number of hydrogen-bond acceptors (Lipinski definition) is 2. The van der Waals surface area contributed by atoms with E-state index in [0.717, 1.165) is 24.2 Å². The highest BCUT2D eigenvalue weighted by atomic mass is 16.5. The van der Waals surface area contributed by atoms with Crippen molar-refractivity contribution in [1.29, 1.82) is 0 Å². The molecule has 2 aliphatic rings. The van der Waals surface area contributed by atoms with E-state index >= 15 is 0 Å². The zero-order valence-electron chi connectivity index (χ0n) is 10.9. The third kappa shape index (κ3) is 1.43. The van der Waals surface area contributed by atoms with Gasteiger partial charge in [0.25, 0.3) is 0 Å². The van der Waals surface area contributed by atoms with Gasteiger partial charge in [0.15, 0.2) is 0 Å². The molecule has 1 fully saturated rings. The summed E-state index contributed by atoms with van der Waals surface area (Å²) in [6.07, 6.45) is 3.35. The Bertz CT molecular complexity index is 669. The number of benzene rings is 2. The Kier molecular flexibility index (Phi) is 2.03. The molecule has 0 aromatic heterocycles. The lowest BCUT2D eigenvalue weighted by atomic mass is 9.70. The van der Waals surface area contributed by atoms with Crippen molar-refractivity contribution in [3.8, 4) is 22.6 Å². The van der Waals surface area contributed by atoms with Gasteiger partial charge in [0.05, 0.1) is 0 Å². The van der Waals surface area contributed by atoms with E-state index in [-0.39, 0.29) is 11.4 Å². The highest BCUT2D eigenvalue weighted by Crippen LogP contribution is 2.54. The van der Waals surface area contributed by atoms with E-state index in [1.54, 1.807) is 12.1 Å². The van der Waals surface area contributed by atoms with E-state index in [0.29, 0.717) is 0 Å². The molecule has 1 aliphatic carbocycles. The van der Waals surface area contributed by atoms with Crippen LogP contribution in [0.5, 0.6) is 11.5 Å². The molecule has 1 heterocycles. The van der Waals surface area contributed by atoms with Gasteiger partial charge in [-0.25, -0.2) is 0 Å². The van der Waals surface area contributed by atoms with Crippen LogP contribution in [0.2, 0.25) is 0 Å². The Morgan fingerprint density at radius 3 is 2.58 bits per heavy atom. The van der Waals surface area contributed by atoms with Gasteiger partial charge in [-0.15, -0.1) is 0 Å². The van der Waals surface area contributed by atoms with Crippen LogP contribution in [0.15, 0.2) is 36.4 Å². The number of rotatable bonds is 0. The summed E-state index contributed by atoms with van der Waals surface area (Å²) in [5, 5.41) is 9.66. The summed E-state index contributed by atoms with van der Waals surface area (Å²) in [6.45, 7) is 2.12. The highest BCUT2D eigenvalue weighted by molar-refractivity contribution is 5.78. The van der Waals surface area contributed by atoms with Gasteiger partial charge >= 0.3 is 0 Å². The van der Waals surface area contributed by atoms with Crippen LogP contribution in [0.4, 0.5) is 0 Å². The molecule has 1 spiro atoms. The monoisotopic (exact) mass is 252 g/mol. The van der Waals surface area contributed by atoms with E-state index in [1.807, 2.05) is 6.07 Å². The van der Waals surface area contributed by atoms with E-state index < -0.39 is 0 Å². The smallest absolute Gasteiger partial charge is 0.135 e. The van der Waals surface area contributed by atoms with Crippen LogP contribution in [-0.4, -0.2) is 5.11 Å². The van der Waals surface area contributed by atoms with Crippen LogP contribution in [0, 0.1) is 6.92 Å².